The van der Waals surface area contributed by atoms with Gasteiger partial charge >= 0.3 is 11.9 Å². The summed E-state index contributed by atoms with van der Waals surface area (Å²) in [5, 5.41) is 1.99. The maximum atomic E-state index is 12.6. The molecule has 3 heterocycles. The van der Waals surface area contributed by atoms with Gasteiger partial charge in [-0.15, -0.1) is 11.3 Å². The van der Waals surface area contributed by atoms with Gasteiger partial charge in [-0.05, 0) is 43.2 Å². The smallest absolute Gasteiger partial charge is 0.355 e. The van der Waals surface area contributed by atoms with Crippen LogP contribution in [0, 0.1) is 6.92 Å². The van der Waals surface area contributed by atoms with Crippen LogP contribution in [0.3, 0.4) is 0 Å². The molecule has 28 heavy (non-hydrogen) atoms. The van der Waals surface area contributed by atoms with Crippen LogP contribution >= 0.6 is 11.3 Å². The van der Waals surface area contributed by atoms with Gasteiger partial charge in [0, 0.05) is 17.1 Å². The Kier molecular flexibility index (Phi) is 6.18. The minimum absolute atomic E-state index is 0.0519. The van der Waals surface area contributed by atoms with Crippen molar-refractivity contribution in [3.63, 3.8) is 0 Å². The van der Waals surface area contributed by atoms with Crippen LogP contribution in [0.5, 0.6) is 0 Å². The number of hydrogen-bond donors (Lipinski definition) is 1. The molecular formula is C20H24N2O5S. The van der Waals surface area contributed by atoms with Crippen LogP contribution in [-0.2, 0) is 20.7 Å². The number of carbonyl (C=O) groups excluding carboxylic acids is 3. The number of hydrogen-bond acceptors (Lipinski definition) is 6. The monoisotopic (exact) mass is 404 g/mol. The van der Waals surface area contributed by atoms with Gasteiger partial charge in [0.25, 0.3) is 5.91 Å². The number of ether oxygens (including phenoxy) is 2. The molecule has 1 amide bonds. The Hall–Kier alpha value is -2.61. The minimum Gasteiger partial charge on any atom is -0.465 e. The number of methoxy groups -OCH3 is 1. The quantitative estimate of drug-likeness (QED) is 0.747. The zero-order chi connectivity index (χ0) is 20.3. The molecule has 1 N–H and O–H groups in total. The van der Waals surface area contributed by atoms with Crippen LogP contribution in [0.15, 0.2) is 17.5 Å². The molecule has 1 saturated heterocycles. The van der Waals surface area contributed by atoms with Crippen LogP contribution in [0.25, 0.3) is 0 Å². The highest BCUT2D eigenvalue weighted by atomic mass is 32.1. The van der Waals surface area contributed by atoms with Crippen molar-refractivity contribution in [1.82, 2.24) is 9.88 Å². The molecular weight excluding hydrogens is 380 g/mol. The molecule has 0 radical (unpaired) electrons. The predicted octanol–water partition coefficient (Wildman–Crippen LogP) is 3.25. The fourth-order valence-corrected chi connectivity index (χ4v) is 4.50. The molecule has 7 nitrogen and oxygen atoms in total. The molecule has 0 aliphatic carbocycles. The number of aromatic amines is 1. The number of nitrogens with zero attached hydrogens (tertiary/aromatic N) is 1. The first kappa shape index (κ1) is 20.1. The topological polar surface area (TPSA) is 88.7 Å². The standard InChI is InChI=1S/C20H24N2O5S/c1-4-13-17(19(24)26-3)12(2)18(21-13)20(25)27-11-16(23)22-9-5-7-14(22)15-8-6-10-28-15/h6,8,10,14,21H,4-5,7,9,11H2,1-3H3. The van der Waals surface area contributed by atoms with Crippen molar-refractivity contribution < 1.29 is 23.9 Å². The van der Waals surface area contributed by atoms with Crippen molar-refractivity contribution in [2.24, 2.45) is 0 Å². The van der Waals surface area contributed by atoms with E-state index < -0.39 is 11.9 Å². The number of likely N-dealkylation sites (tertiary alicyclic amines) is 1. The maximum absolute atomic E-state index is 12.6. The molecule has 2 aromatic rings. The number of thiophene rings is 1. The van der Waals surface area contributed by atoms with Crippen LogP contribution in [0.4, 0.5) is 0 Å². The number of aryl methyl sites for hydroxylation is 1. The number of esters is 2. The largest absolute Gasteiger partial charge is 0.465 e. The molecule has 1 aliphatic rings. The van der Waals surface area contributed by atoms with E-state index in [1.165, 1.54) is 7.11 Å². The van der Waals surface area contributed by atoms with Gasteiger partial charge in [-0.3, -0.25) is 4.79 Å². The number of carbonyl (C=O) groups is 3. The summed E-state index contributed by atoms with van der Waals surface area (Å²) in [4.78, 5) is 43.0. The van der Waals surface area contributed by atoms with Crippen molar-refractivity contribution in [3.05, 3.63) is 44.9 Å². The predicted molar refractivity (Wildman–Crippen MR) is 105 cm³/mol. The van der Waals surface area contributed by atoms with Crippen LogP contribution in [-0.4, -0.2) is 48.0 Å². The Labute approximate surface area is 167 Å². The van der Waals surface area contributed by atoms with Crippen molar-refractivity contribution in [2.45, 2.75) is 39.2 Å². The van der Waals surface area contributed by atoms with Gasteiger partial charge in [0.1, 0.15) is 5.69 Å². The summed E-state index contributed by atoms with van der Waals surface area (Å²) in [5.74, 6) is -1.36. The molecule has 2 aromatic heterocycles. The second-order valence-corrected chi connectivity index (χ2v) is 7.64. The Morgan fingerprint density at radius 1 is 1.32 bits per heavy atom. The first-order valence-corrected chi connectivity index (χ1v) is 10.2. The molecule has 1 aliphatic heterocycles. The van der Waals surface area contributed by atoms with Crippen LogP contribution in [0.1, 0.15) is 62.8 Å². The van der Waals surface area contributed by atoms with E-state index >= 15 is 0 Å². The summed E-state index contributed by atoms with van der Waals surface area (Å²) < 4.78 is 10.1. The molecule has 3 rings (SSSR count). The molecule has 1 unspecified atom stereocenters. The fraction of sp³-hybridized carbons (Fsp3) is 0.450. The summed E-state index contributed by atoms with van der Waals surface area (Å²) in [5.41, 5.74) is 1.61. The van der Waals surface area contributed by atoms with Gasteiger partial charge in [0.2, 0.25) is 0 Å². The van der Waals surface area contributed by atoms with Gasteiger partial charge in [-0.1, -0.05) is 13.0 Å². The van der Waals surface area contributed by atoms with Gasteiger partial charge in [-0.2, -0.15) is 0 Å². The van der Waals surface area contributed by atoms with E-state index in [-0.39, 0.29) is 24.2 Å². The first-order chi connectivity index (χ1) is 13.5. The Balaban J connectivity index is 1.68. The summed E-state index contributed by atoms with van der Waals surface area (Å²) >= 11 is 1.63. The third-order valence-corrected chi connectivity index (χ3v) is 6.02. The van der Waals surface area contributed by atoms with Crippen molar-refractivity contribution >= 4 is 29.2 Å². The molecule has 8 heteroatoms. The van der Waals surface area contributed by atoms with E-state index in [4.69, 9.17) is 9.47 Å². The molecule has 0 spiro atoms. The Morgan fingerprint density at radius 3 is 2.75 bits per heavy atom. The van der Waals surface area contributed by atoms with Crippen molar-refractivity contribution in [2.75, 3.05) is 20.3 Å². The maximum Gasteiger partial charge on any atom is 0.355 e. The fourth-order valence-electron chi connectivity index (χ4n) is 3.63. The third kappa shape index (κ3) is 3.82. The van der Waals surface area contributed by atoms with Gasteiger partial charge in [-0.25, -0.2) is 9.59 Å². The molecule has 0 bridgehead atoms. The number of amides is 1. The molecule has 150 valence electrons. The molecule has 0 aromatic carbocycles. The Bertz CT molecular complexity index is 872. The number of aromatic nitrogens is 1. The average Bonchev–Trinajstić information content (AvgIpc) is 3.43. The zero-order valence-corrected chi connectivity index (χ0v) is 17.1. The number of nitrogens with one attached hydrogen (secondary N) is 1. The summed E-state index contributed by atoms with van der Waals surface area (Å²) in [6.07, 6.45) is 2.38. The minimum atomic E-state index is -0.650. The zero-order valence-electron chi connectivity index (χ0n) is 16.2. The van der Waals surface area contributed by atoms with Crippen molar-refractivity contribution in [1.29, 1.82) is 0 Å². The second kappa shape index (κ2) is 8.60. The number of H-pyrrole nitrogens is 1. The lowest BCUT2D eigenvalue weighted by Crippen LogP contribution is -2.34. The summed E-state index contributed by atoms with van der Waals surface area (Å²) in [6.45, 7) is 3.86. The van der Waals surface area contributed by atoms with Crippen LogP contribution in [0.2, 0.25) is 0 Å². The van der Waals surface area contributed by atoms with E-state index in [9.17, 15) is 14.4 Å². The van der Waals surface area contributed by atoms with Gasteiger partial charge in [0.15, 0.2) is 6.61 Å². The Morgan fingerprint density at radius 2 is 2.11 bits per heavy atom. The van der Waals surface area contributed by atoms with E-state index in [0.29, 0.717) is 29.8 Å². The second-order valence-electron chi connectivity index (χ2n) is 6.66. The van der Waals surface area contributed by atoms with E-state index in [1.807, 2.05) is 24.4 Å². The molecule has 0 saturated carbocycles. The van der Waals surface area contributed by atoms with E-state index in [1.54, 1.807) is 23.2 Å². The van der Waals surface area contributed by atoms with Crippen LogP contribution < -0.4 is 0 Å². The highest BCUT2D eigenvalue weighted by Crippen LogP contribution is 2.34. The first-order valence-electron chi connectivity index (χ1n) is 9.27. The van der Waals surface area contributed by atoms with E-state index in [0.717, 1.165) is 17.7 Å². The summed E-state index contributed by atoms with van der Waals surface area (Å²) in [7, 11) is 1.30. The highest BCUT2D eigenvalue weighted by Gasteiger charge is 2.31. The number of rotatable bonds is 6. The molecule has 1 fully saturated rings. The van der Waals surface area contributed by atoms with Gasteiger partial charge < -0.3 is 19.4 Å². The SMILES string of the molecule is CCc1[nH]c(C(=O)OCC(=O)N2CCCC2c2cccs2)c(C)c1C(=O)OC. The van der Waals surface area contributed by atoms with E-state index in [2.05, 4.69) is 4.98 Å². The lowest BCUT2D eigenvalue weighted by molar-refractivity contribution is -0.135. The normalized spacial score (nSPS) is 16.2. The third-order valence-electron chi connectivity index (χ3n) is 5.05. The molecule has 1 atom stereocenters. The lowest BCUT2D eigenvalue weighted by atomic mass is 10.1. The van der Waals surface area contributed by atoms with Gasteiger partial charge in [0.05, 0.1) is 18.7 Å². The average molecular weight is 404 g/mol. The van der Waals surface area contributed by atoms with Crippen molar-refractivity contribution in [3.8, 4) is 0 Å². The highest BCUT2D eigenvalue weighted by molar-refractivity contribution is 7.10. The lowest BCUT2D eigenvalue weighted by Gasteiger charge is -2.23. The summed E-state index contributed by atoms with van der Waals surface area (Å²) in [6, 6.07) is 4.05.